The molecule has 0 radical (unpaired) electrons. The van der Waals surface area contributed by atoms with E-state index in [9.17, 15) is 13.6 Å². The predicted molar refractivity (Wildman–Crippen MR) is 63.9 cm³/mol. The van der Waals surface area contributed by atoms with Gasteiger partial charge in [-0.1, -0.05) is 6.07 Å². The molecule has 1 fully saturated rings. The van der Waals surface area contributed by atoms with Crippen LogP contribution in [0.3, 0.4) is 0 Å². The molecule has 0 unspecified atom stereocenters. The van der Waals surface area contributed by atoms with Crippen molar-refractivity contribution in [3.63, 3.8) is 0 Å². The molecule has 1 saturated carbocycles. The molecule has 1 N–H and O–H groups in total. The van der Waals surface area contributed by atoms with Crippen molar-refractivity contribution >= 4 is 5.91 Å². The van der Waals surface area contributed by atoms with Gasteiger partial charge in [0.25, 0.3) is 0 Å². The number of halogens is 2. The van der Waals surface area contributed by atoms with Crippen LogP contribution in [0, 0.1) is 11.6 Å². The maximum atomic E-state index is 13.0. The highest BCUT2D eigenvalue weighted by atomic mass is 19.2. The van der Waals surface area contributed by atoms with E-state index in [0.717, 1.165) is 25.0 Å². The van der Waals surface area contributed by atoms with E-state index in [1.54, 1.807) is 7.05 Å². The maximum Gasteiger partial charge on any atom is 0.236 e. The molecular weight excluding hydrogens is 238 g/mol. The van der Waals surface area contributed by atoms with E-state index in [2.05, 4.69) is 5.32 Å². The lowest BCUT2D eigenvalue weighted by Crippen LogP contribution is -2.36. The summed E-state index contributed by atoms with van der Waals surface area (Å²) in [6.45, 7) is 0.577. The van der Waals surface area contributed by atoms with Gasteiger partial charge in [-0.05, 0) is 30.5 Å². The molecule has 0 heterocycles. The quantitative estimate of drug-likeness (QED) is 0.867. The predicted octanol–water partition coefficient (Wildman–Crippen LogP) is 1.68. The smallest absolute Gasteiger partial charge is 0.236 e. The van der Waals surface area contributed by atoms with Gasteiger partial charge >= 0.3 is 0 Å². The lowest BCUT2D eigenvalue weighted by atomic mass is 10.2. The van der Waals surface area contributed by atoms with Gasteiger partial charge < -0.3 is 10.2 Å². The van der Waals surface area contributed by atoms with Crippen molar-refractivity contribution in [1.29, 1.82) is 0 Å². The van der Waals surface area contributed by atoms with E-state index in [1.165, 1.54) is 11.0 Å². The number of carbonyl (C=O) groups excluding carboxylic acids is 1. The van der Waals surface area contributed by atoms with E-state index < -0.39 is 11.6 Å². The summed E-state index contributed by atoms with van der Waals surface area (Å²) >= 11 is 0. The zero-order valence-electron chi connectivity index (χ0n) is 10.2. The fourth-order valence-electron chi connectivity index (χ4n) is 1.65. The monoisotopic (exact) mass is 254 g/mol. The molecule has 18 heavy (non-hydrogen) atoms. The maximum absolute atomic E-state index is 13.0. The fraction of sp³-hybridized carbons (Fsp3) is 0.462. The van der Waals surface area contributed by atoms with Crippen LogP contribution in [-0.2, 0) is 11.3 Å². The third-order valence-electron chi connectivity index (χ3n) is 2.95. The number of carbonyl (C=O) groups is 1. The Morgan fingerprint density at radius 1 is 1.39 bits per heavy atom. The Kier molecular flexibility index (Phi) is 3.91. The van der Waals surface area contributed by atoms with Crippen LogP contribution in [0.25, 0.3) is 0 Å². The highest BCUT2D eigenvalue weighted by Crippen LogP contribution is 2.18. The normalized spacial score (nSPS) is 14.6. The molecule has 1 aromatic carbocycles. The van der Waals surface area contributed by atoms with E-state index in [1.807, 2.05) is 0 Å². The van der Waals surface area contributed by atoms with Crippen LogP contribution in [0.1, 0.15) is 18.4 Å². The van der Waals surface area contributed by atoms with E-state index in [4.69, 9.17) is 0 Å². The summed E-state index contributed by atoms with van der Waals surface area (Å²) in [5.41, 5.74) is 0.580. The molecule has 1 amide bonds. The average Bonchev–Trinajstić information content (AvgIpc) is 3.14. The largest absolute Gasteiger partial charge is 0.340 e. The molecule has 0 aromatic heterocycles. The Morgan fingerprint density at radius 3 is 2.72 bits per heavy atom. The van der Waals surface area contributed by atoms with Crippen molar-refractivity contribution in [3.05, 3.63) is 35.4 Å². The molecule has 2 rings (SSSR count). The van der Waals surface area contributed by atoms with Gasteiger partial charge in [0, 0.05) is 19.6 Å². The van der Waals surface area contributed by atoms with Gasteiger partial charge in [-0.15, -0.1) is 0 Å². The molecule has 0 spiro atoms. The molecule has 98 valence electrons. The summed E-state index contributed by atoms with van der Waals surface area (Å²) in [5, 5.41) is 3.12. The topological polar surface area (TPSA) is 32.3 Å². The Balaban J connectivity index is 1.86. The first-order valence-electron chi connectivity index (χ1n) is 5.97. The van der Waals surface area contributed by atoms with Gasteiger partial charge in [-0.3, -0.25) is 4.79 Å². The standard InChI is InChI=1S/C13H16F2N2O/c1-17(13(18)7-16-10-3-4-10)8-9-2-5-11(14)12(15)6-9/h2,5-6,10,16H,3-4,7-8H2,1H3. The average molecular weight is 254 g/mol. The summed E-state index contributed by atoms with van der Waals surface area (Å²) in [7, 11) is 1.65. The molecule has 5 heteroatoms. The lowest BCUT2D eigenvalue weighted by Gasteiger charge is -2.17. The minimum absolute atomic E-state index is 0.0494. The van der Waals surface area contributed by atoms with E-state index in [-0.39, 0.29) is 12.5 Å². The van der Waals surface area contributed by atoms with Gasteiger partial charge in [0.15, 0.2) is 11.6 Å². The number of rotatable bonds is 5. The summed E-state index contributed by atoms with van der Waals surface area (Å²) in [5.74, 6) is -1.81. The molecule has 1 aliphatic carbocycles. The van der Waals surface area contributed by atoms with Crippen LogP contribution in [0.5, 0.6) is 0 Å². The van der Waals surface area contributed by atoms with Crippen molar-refractivity contribution < 1.29 is 13.6 Å². The van der Waals surface area contributed by atoms with Crippen molar-refractivity contribution in [3.8, 4) is 0 Å². The second kappa shape index (κ2) is 5.44. The van der Waals surface area contributed by atoms with Gasteiger partial charge in [0.05, 0.1) is 6.54 Å². The van der Waals surface area contributed by atoms with Gasteiger partial charge in [0.2, 0.25) is 5.91 Å². The first-order chi connectivity index (χ1) is 8.56. The Morgan fingerprint density at radius 2 is 2.11 bits per heavy atom. The molecular formula is C13H16F2N2O. The number of hydrogen-bond donors (Lipinski definition) is 1. The second-order valence-electron chi connectivity index (χ2n) is 4.65. The number of nitrogens with zero attached hydrogens (tertiary/aromatic N) is 1. The number of benzene rings is 1. The molecule has 1 aromatic rings. The first kappa shape index (κ1) is 13.0. The highest BCUT2D eigenvalue weighted by Gasteiger charge is 2.22. The Labute approximate surface area is 105 Å². The lowest BCUT2D eigenvalue weighted by molar-refractivity contribution is -0.129. The molecule has 0 saturated heterocycles. The van der Waals surface area contributed by atoms with Crippen molar-refractivity contribution in [2.75, 3.05) is 13.6 Å². The molecule has 0 bridgehead atoms. The van der Waals surface area contributed by atoms with Gasteiger partial charge in [0.1, 0.15) is 0 Å². The van der Waals surface area contributed by atoms with Crippen molar-refractivity contribution in [1.82, 2.24) is 10.2 Å². The third kappa shape index (κ3) is 3.50. The van der Waals surface area contributed by atoms with Crippen molar-refractivity contribution in [2.24, 2.45) is 0 Å². The summed E-state index contributed by atoms with van der Waals surface area (Å²) in [6.07, 6.45) is 2.25. The van der Waals surface area contributed by atoms with Crippen LogP contribution in [0.2, 0.25) is 0 Å². The minimum atomic E-state index is -0.885. The number of nitrogens with one attached hydrogen (secondary N) is 1. The first-order valence-corrected chi connectivity index (χ1v) is 5.97. The van der Waals surface area contributed by atoms with E-state index >= 15 is 0 Å². The minimum Gasteiger partial charge on any atom is -0.340 e. The molecule has 0 aliphatic heterocycles. The molecule has 3 nitrogen and oxygen atoms in total. The number of amides is 1. The van der Waals surface area contributed by atoms with Crippen LogP contribution in [0.4, 0.5) is 8.78 Å². The fourth-order valence-corrected chi connectivity index (χ4v) is 1.65. The summed E-state index contributed by atoms with van der Waals surface area (Å²) < 4.78 is 25.7. The highest BCUT2D eigenvalue weighted by molar-refractivity contribution is 5.78. The van der Waals surface area contributed by atoms with Crippen LogP contribution < -0.4 is 5.32 Å². The van der Waals surface area contributed by atoms with Gasteiger partial charge in [-0.2, -0.15) is 0 Å². The Hall–Kier alpha value is -1.49. The molecule has 0 atom stereocenters. The van der Waals surface area contributed by atoms with Crippen LogP contribution in [-0.4, -0.2) is 30.4 Å². The number of likely N-dealkylation sites (N-methyl/N-ethyl adjacent to an activating group) is 1. The van der Waals surface area contributed by atoms with Crippen molar-refractivity contribution in [2.45, 2.75) is 25.4 Å². The third-order valence-corrected chi connectivity index (χ3v) is 2.95. The summed E-state index contributed by atoms with van der Waals surface area (Å²) in [4.78, 5) is 13.2. The van der Waals surface area contributed by atoms with Gasteiger partial charge in [-0.25, -0.2) is 8.78 Å². The second-order valence-corrected chi connectivity index (χ2v) is 4.65. The number of hydrogen-bond acceptors (Lipinski definition) is 2. The van der Waals surface area contributed by atoms with Crippen LogP contribution in [0.15, 0.2) is 18.2 Å². The van der Waals surface area contributed by atoms with Crippen LogP contribution >= 0.6 is 0 Å². The Bertz CT molecular complexity index is 447. The SMILES string of the molecule is CN(Cc1ccc(F)c(F)c1)C(=O)CNC1CC1. The zero-order valence-corrected chi connectivity index (χ0v) is 10.2. The van der Waals surface area contributed by atoms with E-state index in [0.29, 0.717) is 18.2 Å². The summed E-state index contributed by atoms with van der Waals surface area (Å²) in [6, 6.07) is 4.15. The molecule has 1 aliphatic rings. The zero-order chi connectivity index (χ0) is 13.1.